The van der Waals surface area contributed by atoms with E-state index in [9.17, 15) is 0 Å². The minimum absolute atomic E-state index is 0.453. The van der Waals surface area contributed by atoms with Crippen molar-refractivity contribution in [3.05, 3.63) is 42.0 Å². The molecule has 0 spiro atoms. The van der Waals surface area contributed by atoms with Crippen molar-refractivity contribution in [2.24, 2.45) is 5.73 Å². The van der Waals surface area contributed by atoms with Crippen LogP contribution in [-0.4, -0.2) is 18.1 Å². The molecule has 0 saturated carbocycles. The number of nitrogens with zero attached hydrogens (tertiary/aromatic N) is 1. The molecule has 2 N–H and O–H groups in total. The number of fused-ring (bicyclic) bond motifs is 1. The van der Waals surface area contributed by atoms with Crippen molar-refractivity contribution in [1.29, 1.82) is 0 Å². The maximum absolute atomic E-state index is 5.81. The quantitative estimate of drug-likeness (QED) is 0.860. The van der Waals surface area contributed by atoms with Crippen LogP contribution < -0.4 is 10.6 Å². The monoisotopic (exact) mass is 272 g/mol. The molecule has 2 rings (SSSR count). The van der Waals surface area contributed by atoms with Crippen molar-refractivity contribution < 1.29 is 0 Å². The van der Waals surface area contributed by atoms with Crippen LogP contribution in [0.15, 0.2) is 36.4 Å². The van der Waals surface area contributed by atoms with Gasteiger partial charge in [0.05, 0.1) is 0 Å². The molecule has 0 aliphatic rings. The molecule has 2 aromatic carbocycles. The van der Waals surface area contributed by atoms with Gasteiger partial charge in [-0.3, -0.25) is 0 Å². The van der Waals surface area contributed by atoms with Crippen LogP contribution in [0.4, 0.5) is 5.69 Å². The second-order valence-electron chi connectivity index (χ2n) is 4.91. The predicted octanol–water partition coefficient (Wildman–Crippen LogP) is 3.71. The van der Waals surface area contributed by atoms with E-state index in [2.05, 4.69) is 50.1 Å². The van der Waals surface area contributed by atoms with Crippen LogP contribution >= 0.6 is 12.2 Å². The van der Waals surface area contributed by atoms with Gasteiger partial charge in [0.25, 0.3) is 0 Å². The number of hydrogen-bond donors (Lipinski definition) is 1. The molecule has 100 valence electrons. The van der Waals surface area contributed by atoms with Crippen molar-refractivity contribution >= 4 is 33.7 Å². The Labute approximate surface area is 120 Å². The lowest BCUT2D eigenvalue weighted by Gasteiger charge is -2.28. The SMILES string of the molecule is CCC(C)N(C)c1ccc(C(N)=S)c2ccccc12. The van der Waals surface area contributed by atoms with Gasteiger partial charge in [-0.2, -0.15) is 0 Å². The average molecular weight is 272 g/mol. The van der Waals surface area contributed by atoms with Crippen LogP contribution in [-0.2, 0) is 0 Å². The summed E-state index contributed by atoms with van der Waals surface area (Å²) in [4.78, 5) is 2.76. The highest BCUT2D eigenvalue weighted by molar-refractivity contribution is 7.80. The zero-order chi connectivity index (χ0) is 14.0. The molecule has 0 bridgehead atoms. The van der Waals surface area contributed by atoms with Crippen molar-refractivity contribution in [3.63, 3.8) is 0 Å². The van der Waals surface area contributed by atoms with Crippen LogP contribution in [0.3, 0.4) is 0 Å². The largest absolute Gasteiger partial charge is 0.389 e. The van der Waals surface area contributed by atoms with E-state index in [1.54, 1.807) is 0 Å². The van der Waals surface area contributed by atoms with E-state index in [0.29, 0.717) is 11.0 Å². The number of nitrogens with two attached hydrogens (primary N) is 1. The lowest BCUT2D eigenvalue weighted by atomic mass is 10.0. The van der Waals surface area contributed by atoms with Crippen LogP contribution in [0.25, 0.3) is 10.8 Å². The van der Waals surface area contributed by atoms with Gasteiger partial charge >= 0.3 is 0 Å². The second-order valence-corrected chi connectivity index (χ2v) is 5.35. The maximum Gasteiger partial charge on any atom is 0.104 e. The molecule has 1 unspecified atom stereocenters. The van der Waals surface area contributed by atoms with E-state index in [1.165, 1.54) is 11.1 Å². The molecule has 0 radical (unpaired) electrons. The summed E-state index contributed by atoms with van der Waals surface area (Å²) in [7, 11) is 2.14. The van der Waals surface area contributed by atoms with E-state index < -0.39 is 0 Å². The molecule has 2 aromatic rings. The molecule has 0 heterocycles. The average Bonchev–Trinajstić information content (AvgIpc) is 2.44. The van der Waals surface area contributed by atoms with Crippen LogP contribution in [0.1, 0.15) is 25.8 Å². The van der Waals surface area contributed by atoms with Gasteiger partial charge in [0.1, 0.15) is 4.99 Å². The number of anilines is 1. The fraction of sp³-hybridized carbons (Fsp3) is 0.312. The summed E-state index contributed by atoms with van der Waals surface area (Å²) in [5.74, 6) is 0. The van der Waals surface area contributed by atoms with E-state index in [-0.39, 0.29) is 0 Å². The van der Waals surface area contributed by atoms with Crippen molar-refractivity contribution in [2.45, 2.75) is 26.3 Å². The maximum atomic E-state index is 5.81. The van der Waals surface area contributed by atoms with Gasteiger partial charge in [-0.15, -0.1) is 0 Å². The highest BCUT2D eigenvalue weighted by Gasteiger charge is 2.13. The molecule has 0 aliphatic carbocycles. The van der Waals surface area contributed by atoms with Gasteiger partial charge < -0.3 is 10.6 Å². The molecule has 0 amide bonds. The molecule has 3 heteroatoms. The Morgan fingerprint density at radius 1 is 1.21 bits per heavy atom. The molecule has 0 fully saturated rings. The van der Waals surface area contributed by atoms with Gasteiger partial charge in [0.15, 0.2) is 0 Å². The van der Waals surface area contributed by atoms with Gasteiger partial charge in [-0.1, -0.05) is 43.4 Å². The van der Waals surface area contributed by atoms with Gasteiger partial charge in [-0.05, 0) is 30.9 Å². The molecule has 0 aromatic heterocycles. The first kappa shape index (κ1) is 13.8. The van der Waals surface area contributed by atoms with Crippen molar-refractivity contribution in [2.75, 3.05) is 11.9 Å². The fourth-order valence-corrected chi connectivity index (χ4v) is 2.49. The Bertz CT molecular complexity index is 607. The Morgan fingerprint density at radius 3 is 2.42 bits per heavy atom. The zero-order valence-electron chi connectivity index (χ0n) is 11.7. The number of thiocarbonyl (C=S) groups is 1. The third-order valence-corrected chi connectivity index (χ3v) is 4.02. The van der Waals surface area contributed by atoms with E-state index in [1.807, 2.05) is 12.1 Å². The second kappa shape index (κ2) is 5.57. The van der Waals surface area contributed by atoms with Gasteiger partial charge in [0, 0.05) is 29.7 Å². The Kier molecular flexibility index (Phi) is 4.05. The summed E-state index contributed by atoms with van der Waals surface area (Å²) in [6.45, 7) is 4.43. The standard InChI is InChI=1S/C16H20N2S/c1-4-11(2)18(3)15-10-9-14(16(17)19)12-7-5-6-8-13(12)15/h5-11H,4H2,1-3H3,(H2,17,19). The number of rotatable bonds is 4. The number of hydrogen-bond acceptors (Lipinski definition) is 2. The first-order valence-corrected chi connectivity index (χ1v) is 7.01. The van der Waals surface area contributed by atoms with Crippen LogP contribution in [0, 0.1) is 0 Å². The topological polar surface area (TPSA) is 29.3 Å². The molecule has 19 heavy (non-hydrogen) atoms. The van der Waals surface area contributed by atoms with Crippen molar-refractivity contribution in [3.8, 4) is 0 Å². The predicted molar refractivity (Wildman–Crippen MR) is 88.0 cm³/mol. The summed E-state index contributed by atoms with van der Waals surface area (Å²) in [6, 6.07) is 12.9. The third kappa shape index (κ3) is 2.56. The third-order valence-electron chi connectivity index (χ3n) is 3.80. The summed E-state index contributed by atoms with van der Waals surface area (Å²) in [6.07, 6.45) is 1.11. The van der Waals surface area contributed by atoms with Gasteiger partial charge in [0.2, 0.25) is 0 Å². The fourth-order valence-electron chi connectivity index (χ4n) is 2.32. The van der Waals surface area contributed by atoms with E-state index in [0.717, 1.165) is 17.4 Å². The minimum atomic E-state index is 0.453. The molecule has 2 nitrogen and oxygen atoms in total. The Morgan fingerprint density at radius 2 is 1.84 bits per heavy atom. The van der Waals surface area contributed by atoms with Crippen LogP contribution in [0.5, 0.6) is 0 Å². The lowest BCUT2D eigenvalue weighted by Crippen LogP contribution is -2.28. The molecule has 0 saturated heterocycles. The lowest BCUT2D eigenvalue weighted by molar-refractivity contribution is 0.665. The first-order chi connectivity index (χ1) is 9.06. The summed E-state index contributed by atoms with van der Waals surface area (Å²) in [5.41, 5.74) is 7.99. The summed E-state index contributed by atoms with van der Waals surface area (Å²) in [5, 5.41) is 2.33. The van der Waals surface area contributed by atoms with E-state index >= 15 is 0 Å². The zero-order valence-corrected chi connectivity index (χ0v) is 12.5. The molecular formula is C16H20N2S. The molecule has 1 atom stereocenters. The normalized spacial score (nSPS) is 12.4. The highest BCUT2D eigenvalue weighted by Crippen LogP contribution is 2.30. The molecule has 0 aliphatic heterocycles. The molecular weight excluding hydrogens is 252 g/mol. The van der Waals surface area contributed by atoms with Crippen LogP contribution in [0.2, 0.25) is 0 Å². The minimum Gasteiger partial charge on any atom is -0.389 e. The van der Waals surface area contributed by atoms with Crippen molar-refractivity contribution in [1.82, 2.24) is 0 Å². The summed E-state index contributed by atoms with van der Waals surface area (Å²) >= 11 is 5.14. The smallest absolute Gasteiger partial charge is 0.104 e. The highest BCUT2D eigenvalue weighted by atomic mass is 32.1. The Balaban J connectivity index is 2.65. The van der Waals surface area contributed by atoms with E-state index in [4.69, 9.17) is 18.0 Å². The Hall–Kier alpha value is -1.61. The first-order valence-electron chi connectivity index (χ1n) is 6.60. The number of benzene rings is 2. The summed E-state index contributed by atoms with van der Waals surface area (Å²) < 4.78 is 0. The van der Waals surface area contributed by atoms with Gasteiger partial charge in [-0.25, -0.2) is 0 Å².